The number of sulfonamides is 1. The number of nitrogens with zero attached hydrogens (tertiary/aromatic N) is 2. The molecule has 0 saturated carbocycles. The third-order valence-corrected chi connectivity index (χ3v) is 8.57. The maximum Gasteiger partial charge on any atom is 0.243 e. The van der Waals surface area contributed by atoms with Crippen molar-refractivity contribution in [3.63, 3.8) is 0 Å². The van der Waals surface area contributed by atoms with E-state index in [1.54, 1.807) is 39.5 Å². The van der Waals surface area contributed by atoms with Crippen LogP contribution in [0.5, 0.6) is 11.5 Å². The fourth-order valence-electron chi connectivity index (χ4n) is 4.72. The average molecular weight is 500 g/mol. The van der Waals surface area contributed by atoms with Gasteiger partial charge < -0.3 is 19.7 Å². The Kier molecular flexibility index (Phi) is 6.66. The molecule has 3 aliphatic rings. The summed E-state index contributed by atoms with van der Waals surface area (Å²) in [6.45, 7) is 2.27. The molecular weight excluding hydrogens is 470 g/mol. The molecule has 3 aliphatic heterocycles. The van der Waals surface area contributed by atoms with Crippen LogP contribution in [-0.2, 0) is 19.6 Å². The van der Waals surface area contributed by atoms with Crippen LogP contribution in [0.1, 0.15) is 32.1 Å². The molecule has 3 heterocycles. The molecule has 0 aromatic heterocycles. The van der Waals surface area contributed by atoms with Crippen molar-refractivity contribution in [2.24, 2.45) is 5.92 Å². The Balaban J connectivity index is 1.23. The van der Waals surface area contributed by atoms with Gasteiger partial charge in [0.25, 0.3) is 0 Å². The summed E-state index contributed by atoms with van der Waals surface area (Å²) < 4.78 is 38.6. The highest BCUT2D eigenvalue weighted by Crippen LogP contribution is 2.36. The number of amides is 2. The number of benzene rings is 2. The van der Waals surface area contributed by atoms with Gasteiger partial charge in [0.2, 0.25) is 21.8 Å². The van der Waals surface area contributed by atoms with Crippen molar-refractivity contribution >= 4 is 33.2 Å². The van der Waals surface area contributed by atoms with E-state index in [1.165, 1.54) is 12.1 Å². The highest BCUT2D eigenvalue weighted by atomic mass is 32.2. The number of carbonyl (C=O) groups excluding carboxylic acids is 2. The molecule has 2 fully saturated rings. The first kappa shape index (κ1) is 23.6. The first-order valence-corrected chi connectivity index (χ1v) is 13.5. The second-order valence-electron chi connectivity index (χ2n) is 9.07. The van der Waals surface area contributed by atoms with E-state index in [-0.39, 0.29) is 29.7 Å². The van der Waals surface area contributed by atoms with Crippen molar-refractivity contribution in [1.82, 2.24) is 4.31 Å². The van der Waals surface area contributed by atoms with Crippen molar-refractivity contribution in [1.29, 1.82) is 0 Å². The van der Waals surface area contributed by atoms with Gasteiger partial charge in [-0.2, -0.15) is 4.31 Å². The van der Waals surface area contributed by atoms with Crippen LogP contribution in [0.2, 0.25) is 0 Å². The normalized spacial score (nSPS) is 21.0. The number of nitrogens with one attached hydrogen (secondary N) is 1. The number of hydrogen-bond donors (Lipinski definition) is 1. The molecule has 5 rings (SSSR count). The topological polar surface area (TPSA) is 105 Å². The van der Waals surface area contributed by atoms with E-state index in [9.17, 15) is 18.0 Å². The van der Waals surface area contributed by atoms with Gasteiger partial charge in [0.1, 0.15) is 13.2 Å². The molecule has 35 heavy (non-hydrogen) atoms. The molecule has 186 valence electrons. The molecular formula is C25H29N3O6S. The lowest BCUT2D eigenvalue weighted by Crippen LogP contribution is -2.32. The molecule has 2 saturated heterocycles. The number of fused-ring (bicyclic) bond motifs is 1. The average Bonchev–Trinajstić information content (AvgIpc) is 3.06. The minimum atomic E-state index is -3.55. The predicted molar refractivity (Wildman–Crippen MR) is 130 cm³/mol. The monoisotopic (exact) mass is 499 g/mol. The maximum absolute atomic E-state index is 13.0. The van der Waals surface area contributed by atoms with Crippen molar-refractivity contribution in [2.75, 3.05) is 43.1 Å². The zero-order valence-electron chi connectivity index (χ0n) is 19.4. The number of rotatable bonds is 5. The van der Waals surface area contributed by atoms with E-state index in [4.69, 9.17) is 9.47 Å². The fraction of sp³-hybridized carbons (Fsp3) is 0.440. The van der Waals surface area contributed by atoms with Gasteiger partial charge in [0.15, 0.2) is 11.5 Å². The minimum Gasteiger partial charge on any atom is -0.486 e. The van der Waals surface area contributed by atoms with E-state index in [0.29, 0.717) is 49.2 Å². The van der Waals surface area contributed by atoms with E-state index >= 15 is 0 Å². The van der Waals surface area contributed by atoms with Gasteiger partial charge in [-0.25, -0.2) is 8.42 Å². The van der Waals surface area contributed by atoms with Crippen LogP contribution in [0.4, 0.5) is 11.4 Å². The van der Waals surface area contributed by atoms with Gasteiger partial charge in [-0.05, 0) is 49.2 Å². The van der Waals surface area contributed by atoms with E-state index in [0.717, 1.165) is 25.7 Å². The number of carbonyl (C=O) groups is 2. The van der Waals surface area contributed by atoms with E-state index in [2.05, 4.69) is 5.32 Å². The van der Waals surface area contributed by atoms with Crippen molar-refractivity contribution in [3.8, 4) is 11.5 Å². The highest BCUT2D eigenvalue weighted by molar-refractivity contribution is 7.89. The highest BCUT2D eigenvalue weighted by Gasteiger charge is 2.36. The number of ether oxygens (including phenoxy) is 2. The van der Waals surface area contributed by atoms with Crippen LogP contribution < -0.4 is 19.7 Å². The molecule has 0 aliphatic carbocycles. The van der Waals surface area contributed by atoms with Crippen molar-refractivity contribution in [2.45, 2.75) is 37.0 Å². The smallest absolute Gasteiger partial charge is 0.243 e. The van der Waals surface area contributed by atoms with Gasteiger partial charge in [-0.1, -0.05) is 12.8 Å². The predicted octanol–water partition coefficient (Wildman–Crippen LogP) is 3.01. The summed E-state index contributed by atoms with van der Waals surface area (Å²) in [4.78, 5) is 27.3. The molecule has 0 radical (unpaired) electrons. The second kappa shape index (κ2) is 9.87. The summed E-state index contributed by atoms with van der Waals surface area (Å²) in [6, 6.07) is 11.6. The molecule has 2 aromatic carbocycles. The van der Waals surface area contributed by atoms with Crippen LogP contribution in [0.15, 0.2) is 47.4 Å². The number of anilines is 2. The van der Waals surface area contributed by atoms with Gasteiger partial charge >= 0.3 is 0 Å². The third kappa shape index (κ3) is 4.99. The van der Waals surface area contributed by atoms with Gasteiger partial charge in [-0.15, -0.1) is 0 Å². The zero-order valence-corrected chi connectivity index (χ0v) is 20.3. The summed E-state index contributed by atoms with van der Waals surface area (Å²) >= 11 is 0. The summed E-state index contributed by atoms with van der Waals surface area (Å²) in [5.41, 5.74) is 1.16. The Hall–Kier alpha value is -3.11. The molecule has 1 atom stereocenters. The Morgan fingerprint density at radius 2 is 1.60 bits per heavy atom. The van der Waals surface area contributed by atoms with Crippen LogP contribution in [0.25, 0.3) is 0 Å². The van der Waals surface area contributed by atoms with Crippen LogP contribution >= 0.6 is 0 Å². The SMILES string of the molecule is O=C(Nc1ccc(S(=O)(=O)N2CCCCCC2)cc1)C1CC(=O)N(c2ccc3c(c2)OCCO3)C1. The second-order valence-corrected chi connectivity index (χ2v) is 11.0. The fourth-order valence-corrected chi connectivity index (χ4v) is 6.24. The van der Waals surface area contributed by atoms with E-state index in [1.807, 2.05) is 0 Å². The lowest BCUT2D eigenvalue weighted by molar-refractivity contribution is -0.122. The summed E-state index contributed by atoms with van der Waals surface area (Å²) in [6.07, 6.45) is 3.94. The standard InChI is InChI=1S/C25H29N3O6S/c29-24-15-18(17-28(24)20-7-10-22-23(16-20)34-14-13-33-22)25(30)26-19-5-8-21(9-6-19)35(31,32)27-11-3-1-2-4-12-27/h5-10,16,18H,1-4,11-15,17H2,(H,26,30). The van der Waals surface area contributed by atoms with Gasteiger partial charge in [0.05, 0.1) is 10.8 Å². The summed E-state index contributed by atoms with van der Waals surface area (Å²) in [5, 5.41) is 2.82. The Morgan fingerprint density at radius 1 is 0.914 bits per heavy atom. The van der Waals surface area contributed by atoms with Crippen molar-refractivity contribution in [3.05, 3.63) is 42.5 Å². The quantitative estimate of drug-likeness (QED) is 0.678. The molecule has 1 N–H and O–H groups in total. The Morgan fingerprint density at radius 3 is 2.31 bits per heavy atom. The molecule has 1 unspecified atom stereocenters. The van der Waals surface area contributed by atoms with Crippen molar-refractivity contribution < 1.29 is 27.5 Å². The zero-order chi connectivity index (χ0) is 24.4. The summed E-state index contributed by atoms with van der Waals surface area (Å²) in [5.74, 6) is 0.297. The van der Waals surface area contributed by atoms with Gasteiger partial charge in [-0.3, -0.25) is 9.59 Å². The molecule has 2 amide bonds. The molecule has 2 aromatic rings. The molecule has 10 heteroatoms. The molecule has 0 bridgehead atoms. The number of hydrogen-bond acceptors (Lipinski definition) is 6. The largest absolute Gasteiger partial charge is 0.486 e. The third-order valence-electron chi connectivity index (χ3n) is 6.66. The first-order chi connectivity index (χ1) is 16.9. The van der Waals surface area contributed by atoms with E-state index < -0.39 is 15.9 Å². The molecule has 9 nitrogen and oxygen atoms in total. The van der Waals surface area contributed by atoms with Crippen LogP contribution in [0, 0.1) is 5.92 Å². The van der Waals surface area contributed by atoms with Crippen LogP contribution in [0.3, 0.4) is 0 Å². The lowest BCUT2D eigenvalue weighted by atomic mass is 10.1. The first-order valence-electron chi connectivity index (χ1n) is 12.0. The minimum absolute atomic E-state index is 0.0989. The molecule has 0 spiro atoms. The summed E-state index contributed by atoms with van der Waals surface area (Å²) in [7, 11) is -3.55. The Bertz CT molecular complexity index is 1210. The lowest BCUT2D eigenvalue weighted by Gasteiger charge is -2.22. The van der Waals surface area contributed by atoms with Crippen LogP contribution in [-0.4, -0.2) is 57.4 Å². The Labute approximate surface area is 205 Å². The maximum atomic E-state index is 13.0. The van der Waals surface area contributed by atoms with Gasteiger partial charge in [0, 0.05) is 43.5 Å².